The summed E-state index contributed by atoms with van der Waals surface area (Å²) in [5.41, 5.74) is -0.164. The molecule has 26 heavy (non-hydrogen) atoms. The molecule has 0 bridgehead atoms. The van der Waals surface area contributed by atoms with Gasteiger partial charge in [0.2, 0.25) is 5.91 Å². The van der Waals surface area contributed by atoms with Gasteiger partial charge in [-0.2, -0.15) is 11.8 Å². The minimum atomic E-state index is -0.737. The number of nitrogens with one attached hydrogen (secondary N) is 1. The van der Waals surface area contributed by atoms with Gasteiger partial charge in [0.05, 0.1) is 6.42 Å². The topological polar surface area (TPSA) is 69.6 Å². The molecule has 0 radical (unpaired) electrons. The first kappa shape index (κ1) is 25.2. The van der Waals surface area contributed by atoms with Crippen LogP contribution in [0.1, 0.15) is 72.6 Å². The second-order valence-corrected chi connectivity index (χ2v) is 8.97. The van der Waals surface area contributed by atoms with Crippen molar-refractivity contribution in [1.82, 2.24) is 10.2 Å². The Morgan fingerprint density at radius 3 is 2.19 bits per heavy atom. The molecule has 0 spiro atoms. The maximum atomic E-state index is 12.0. The molecule has 0 aromatic rings. The van der Waals surface area contributed by atoms with Crippen molar-refractivity contribution in [1.29, 1.82) is 0 Å². The lowest BCUT2D eigenvalue weighted by molar-refractivity contribution is -0.139. The van der Waals surface area contributed by atoms with Crippen molar-refractivity contribution in [3.05, 3.63) is 0 Å². The highest BCUT2D eigenvalue weighted by Crippen LogP contribution is 2.26. The number of thioether (sulfide) groups is 1. The monoisotopic (exact) mass is 388 g/mol. The van der Waals surface area contributed by atoms with Crippen molar-refractivity contribution in [2.75, 3.05) is 37.7 Å². The number of rotatable bonds is 17. The van der Waals surface area contributed by atoms with Crippen LogP contribution in [0, 0.1) is 5.41 Å². The van der Waals surface area contributed by atoms with Gasteiger partial charge in [0.1, 0.15) is 0 Å². The van der Waals surface area contributed by atoms with Crippen molar-refractivity contribution in [2.45, 2.75) is 72.6 Å². The van der Waals surface area contributed by atoms with Crippen molar-refractivity contribution < 1.29 is 14.7 Å². The number of aliphatic carboxylic acids is 1. The van der Waals surface area contributed by atoms with Crippen LogP contribution in [-0.4, -0.2) is 59.6 Å². The zero-order valence-electron chi connectivity index (χ0n) is 17.3. The van der Waals surface area contributed by atoms with Gasteiger partial charge in [-0.05, 0) is 43.5 Å². The van der Waals surface area contributed by atoms with Crippen LogP contribution in [0.5, 0.6) is 0 Å². The fraction of sp³-hybridized carbons (Fsp3) is 0.900. The molecule has 1 amide bonds. The number of hydrogen-bond acceptors (Lipinski definition) is 4. The number of amides is 1. The second-order valence-electron chi connectivity index (χ2n) is 7.75. The molecule has 0 fully saturated rings. The van der Waals surface area contributed by atoms with E-state index in [9.17, 15) is 9.59 Å². The van der Waals surface area contributed by atoms with Crippen molar-refractivity contribution >= 4 is 23.6 Å². The van der Waals surface area contributed by atoms with Gasteiger partial charge < -0.3 is 15.3 Å². The lowest BCUT2D eigenvalue weighted by atomic mass is 9.87. The van der Waals surface area contributed by atoms with Crippen molar-refractivity contribution in [3.63, 3.8) is 0 Å². The lowest BCUT2D eigenvalue weighted by Crippen LogP contribution is -2.33. The predicted octanol–water partition coefficient (Wildman–Crippen LogP) is 4.02. The highest BCUT2D eigenvalue weighted by atomic mass is 32.2. The Balaban J connectivity index is 3.79. The third-order valence-electron chi connectivity index (χ3n) is 4.43. The number of carboxylic acids is 1. The number of carbonyl (C=O) groups excluding carboxylic acids is 1. The van der Waals surface area contributed by atoms with Gasteiger partial charge in [-0.1, -0.05) is 40.5 Å². The van der Waals surface area contributed by atoms with Gasteiger partial charge >= 0.3 is 5.97 Å². The fourth-order valence-corrected chi connectivity index (χ4v) is 3.81. The first-order valence-corrected chi connectivity index (χ1v) is 11.2. The Morgan fingerprint density at radius 1 is 1.04 bits per heavy atom. The lowest BCUT2D eigenvalue weighted by Gasteiger charge is -2.22. The Kier molecular flexibility index (Phi) is 14.9. The second kappa shape index (κ2) is 15.3. The molecule has 0 aliphatic rings. The average Bonchev–Trinajstić information content (AvgIpc) is 2.56. The highest BCUT2D eigenvalue weighted by Gasteiger charge is 2.21. The summed E-state index contributed by atoms with van der Waals surface area (Å²) in [6, 6.07) is 0. The molecule has 0 heterocycles. The van der Waals surface area contributed by atoms with E-state index in [2.05, 4.69) is 24.1 Å². The standard InChI is InChI=1S/C20H40N2O3S/c1-5-7-12-22(13-8-6-2)14-9-18(23)21-11-16-26-15-10-20(3,4)17-19(24)25/h5-17H2,1-4H3,(H,21,23)(H,24,25). The zero-order valence-corrected chi connectivity index (χ0v) is 18.1. The van der Waals surface area contributed by atoms with E-state index in [1.165, 1.54) is 25.7 Å². The smallest absolute Gasteiger partial charge is 0.303 e. The summed E-state index contributed by atoms with van der Waals surface area (Å²) < 4.78 is 0. The molecule has 0 aromatic heterocycles. The maximum absolute atomic E-state index is 12.0. The minimum Gasteiger partial charge on any atom is -0.481 e. The third kappa shape index (κ3) is 15.5. The molecule has 0 rings (SSSR count). The Labute approximate surface area is 164 Å². The molecule has 0 saturated carbocycles. The molecule has 0 saturated heterocycles. The van der Waals surface area contributed by atoms with E-state index < -0.39 is 5.97 Å². The van der Waals surface area contributed by atoms with Gasteiger partial charge in [-0.25, -0.2) is 0 Å². The van der Waals surface area contributed by atoms with Gasteiger partial charge in [0.25, 0.3) is 0 Å². The van der Waals surface area contributed by atoms with Crippen LogP contribution in [-0.2, 0) is 9.59 Å². The number of nitrogens with zero attached hydrogens (tertiary/aromatic N) is 1. The van der Waals surface area contributed by atoms with Crippen molar-refractivity contribution in [2.24, 2.45) is 5.41 Å². The molecule has 0 aliphatic heterocycles. The quantitative estimate of drug-likeness (QED) is 0.368. The summed E-state index contributed by atoms with van der Waals surface area (Å²) in [6.45, 7) is 12.1. The Bertz CT molecular complexity index is 381. The van der Waals surface area contributed by atoms with E-state index in [1.54, 1.807) is 11.8 Å². The van der Waals surface area contributed by atoms with Crippen LogP contribution in [0.15, 0.2) is 0 Å². The Morgan fingerprint density at radius 2 is 1.65 bits per heavy atom. The molecule has 5 nitrogen and oxygen atoms in total. The number of carbonyl (C=O) groups is 2. The average molecular weight is 389 g/mol. The third-order valence-corrected chi connectivity index (χ3v) is 5.42. The summed E-state index contributed by atoms with van der Waals surface area (Å²) in [6.07, 6.45) is 6.42. The van der Waals surface area contributed by atoms with Gasteiger partial charge in [0.15, 0.2) is 0 Å². The SMILES string of the molecule is CCCCN(CCCC)CCC(=O)NCCSCCC(C)(C)CC(=O)O. The first-order chi connectivity index (χ1) is 12.3. The van der Waals surface area contributed by atoms with Crippen LogP contribution < -0.4 is 5.32 Å². The molecular weight excluding hydrogens is 348 g/mol. The van der Waals surface area contributed by atoms with Crippen LogP contribution >= 0.6 is 11.8 Å². The molecule has 0 aromatic carbocycles. The van der Waals surface area contributed by atoms with Crippen molar-refractivity contribution in [3.8, 4) is 0 Å². The summed E-state index contributed by atoms with van der Waals surface area (Å²) in [7, 11) is 0. The first-order valence-electron chi connectivity index (χ1n) is 10.1. The number of unbranched alkanes of at least 4 members (excludes halogenated alkanes) is 2. The minimum absolute atomic E-state index is 0.134. The summed E-state index contributed by atoms with van der Waals surface area (Å²) in [5, 5.41) is 11.9. The normalized spacial score (nSPS) is 11.7. The van der Waals surface area contributed by atoms with Gasteiger partial charge in [-0.3, -0.25) is 9.59 Å². The highest BCUT2D eigenvalue weighted by molar-refractivity contribution is 7.99. The van der Waals surface area contributed by atoms with E-state index >= 15 is 0 Å². The molecule has 0 unspecified atom stereocenters. The molecule has 6 heteroatoms. The van der Waals surface area contributed by atoms with Gasteiger partial charge in [0, 0.05) is 25.3 Å². The molecular formula is C20H40N2O3S. The van der Waals surface area contributed by atoms with E-state index in [4.69, 9.17) is 5.11 Å². The van der Waals surface area contributed by atoms with Crippen LogP contribution in [0.25, 0.3) is 0 Å². The van der Waals surface area contributed by atoms with Crippen LogP contribution in [0.3, 0.4) is 0 Å². The predicted molar refractivity (Wildman–Crippen MR) is 112 cm³/mol. The zero-order chi connectivity index (χ0) is 19.8. The summed E-state index contributed by atoms with van der Waals surface area (Å²) in [4.78, 5) is 25.2. The van der Waals surface area contributed by atoms with E-state index in [0.29, 0.717) is 13.0 Å². The van der Waals surface area contributed by atoms with Gasteiger partial charge in [-0.15, -0.1) is 0 Å². The molecule has 154 valence electrons. The molecule has 0 atom stereocenters. The van der Waals surface area contributed by atoms with E-state index in [1.807, 2.05) is 13.8 Å². The van der Waals surface area contributed by atoms with Crippen LogP contribution in [0.2, 0.25) is 0 Å². The summed E-state index contributed by atoms with van der Waals surface area (Å²) in [5.74, 6) is 1.20. The number of carboxylic acid groups (broad SMARTS) is 1. The maximum Gasteiger partial charge on any atom is 0.303 e. The van der Waals surface area contributed by atoms with Crippen LogP contribution in [0.4, 0.5) is 0 Å². The molecule has 0 aliphatic carbocycles. The fourth-order valence-electron chi connectivity index (χ4n) is 2.66. The molecule has 2 N–H and O–H groups in total. The number of hydrogen-bond donors (Lipinski definition) is 2. The van der Waals surface area contributed by atoms with E-state index in [0.717, 1.165) is 37.6 Å². The largest absolute Gasteiger partial charge is 0.481 e. The Hall–Kier alpha value is -0.750. The van der Waals surface area contributed by atoms with E-state index in [-0.39, 0.29) is 17.7 Å². The summed E-state index contributed by atoms with van der Waals surface area (Å²) >= 11 is 1.78.